The lowest BCUT2D eigenvalue weighted by Gasteiger charge is -2.49. The van der Waals surface area contributed by atoms with Crippen molar-refractivity contribution >= 4 is 27.5 Å². The maximum atomic E-state index is 12.2. The molecule has 0 aliphatic carbocycles. The van der Waals surface area contributed by atoms with Gasteiger partial charge in [0.15, 0.2) is 0 Å². The number of carbonyl (C=O) groups excluding carboxylic acids is 1. The second-order valence-corrected chi connectivity index (χ2v) is 6.72. The summed E-state index contributed by atoms with van der Waals surface area (Å²) < 4.78 is 1.32. The third-order valence-corrected chi connectivity index (χ3v) is 4.93. The normalized spacial score (nSPS) is 17.2. The molecule has 1 aliphatic heterocycles. The molecule has 1 fully saturated rings. The van der Waals surface area contributed by atoms with Crippen molar-refractivity contribution in [3.63, 3.8) is 0 Å². The number of hydrogen-bond acceptors (Lipinski definition) is 5. The molecule has 21 heavy (non-hydrogen) atoms. The minimum atomic E-state index is -0.795. The van der Waals surface area contributed by atoms with Crippen molar-refractivity contribution in [1.82, 2.24) is 14.5 Å². The van der Waals surface area contributed by atoms with Crippen LogP contribution in [-0.2, 0) is 11.3 Å². The van der Waals surface area contributed by atoms with E-state index in [-0.39, 0.29) is 23.9 Å². The molecule has 3 heterocycles. The van der Waals surface area contributed by atoms with Crippen LogP contribution in [0, 0.1) is 5.92 Å². The smallest absolute Gasteiger partial charge is 0.262 e. The second-order valence-electron chi connectivity index (χ2n) is 5.83. The first-order valence-corrected chi connectivity index (χ1v) is 7.71. The number of carbonyl (C=O) groups is 1. The number of thiophene rings is 1. The Bertz CT molecular complexity index is 743. The Hall–Kier alpha value is -1.73. The van der Waals surface area contributed by atoms with E-state index in [9.17, 15) is 14.7 Å². The van der Waals surface area contributed by atoms with Crippen LogP contribution >= 0.6 is 11.3 Å². The van der Waals surface area contributed by atoms with Gasteiger partial charge in [-0.25, -0.2) is 4.98 Å². The third kappa shape index (κ3) is 2.36. The summed E-state index contributed by atoms with van der Waals surface area (Å²) in [5.74, 6) is -0.0631. The molecule has 1 saturated heterocycles. The fraction of sp³-hybridized carbons (Fsp3) is 0.500. The Labute approximate surface area is 125 Å². The van der Waals surface area contributed by atoms with Crippen molar-refractivity contribution < 1.29 is 9.90 Å². The quantitative estimate of drug-likeness (QED) is 0.905. The van der Waals surface area contributed by atoms with Gasteiger partial charge in [-0.2, -0.15) is 0 Å². The Morgan fingerprint density at radius 3 is 2.90 bits per heavy atom. The molecule has 1 N–H and O–H groups in total. The highest BCUT2D eigenvalue weighted by molar-refractivity contribution is 7.16. The zero-order valence-corrected chi connectivity index (χ0v) is 12.8. The molecule has 0 radical (unpaired) electrons. The largest absolute Gasteiger partial charge is 0.386 e. The van der Waals surface area contributed by atoms with Crippen molar-refractivity contribution in [2.24, 2.45) is 5.92 Å². The maximum Gasteiger partial charge on any atom is 0.262 e. The van der Waals surface area contributed by atoms with E-state index in [0.29, 0.717) is 23.3 Å². The van der Waals surface area contributed by atoms with Crippen molar-refractivity contribution in [2.75, 3.05) is 13.1 Å². The van der Waals surface area contributed by atoms with Gasteiger partial charge in [0.2, 0.25) is 5.91 Å². The van der Waals surface area contributed by atoms with Crippen LogP contribution in [0.2, 0.25) is 0 Å². The molecular weight excluding hydrogens is 290 g/mol. The summed E-state index contributed by atoms with van der Waals surface area (Å²) >= 11 is 1.40. The fourth-order valence-corrected chi connectivity index (χ4v) is 3.13. The van der Waals surface area contributed by atoms with Gasteiger partial charge in [0, 0.05) is 0 Å². The van der Waals surface area contributed by atoms with E-state index >= 15 is 0 Å². The molecule has 2 aromatic heterocycles. The predicted octanol–water partition coefficient (Wildman–Crippen LogP) is 0.687. The average molecular weight is 307 g/mol. The number of nitrogens with zero attached hydrogens (tertiary/aromatic N) is 3. The SMILES string of the molecule is CC(C)C1(O)CN(C(=O)Cn2cnc3sccc3c2=O)C1. The molecule has 1 amide bonds. The van der Waals surface area contributed by atoms with Crippen LogP contribution in [0.15, 0.2) is 22.6 Å². The van der Waals surface area contributed by atoms with Gasteiger partial charge in [0.05, 0.1) is 24.8 Å². The van der Waals surface area contributed by atoms with Crippen LogP contribution < -0.4 is 5.56 Å². The van der Waals surface area contributed by atoms with Crippen LogP contribution in [0.1, 0.15) is 13.8 Å². The molecule has 7 heteroatoms. The van der Waals surface area contributed by atoms with Crippen molar-refractivity contribution in [2.45, 2.75) is 26.0 Å². The molecular formula is C14H17N3O3S. The lowest BCUT2D eigenvalue weighted by molar-refractivity contribution is -0.164. The van der Waals surface area contributed by atoms with Crippen LogP contribution in [0.3, 0.4) is 0 Å². The van der Waals surface area contributed by atoms with Crippen molar-refractivity contribution in [3.8, 4) is 0 Å². The van der Waals surface area contributed by atoms with Crippen LogP contribution in [0.25, 0.3) is 10.2 Å². The minimum Gasteiger partial charge on any atom is -0.386 e. The number of β-amino-alcohol motifs (C(OH)–C–C–N with tert-alkyl or cyclic N) is 1. The van der Waals surface area contributed by atoms with Gasteiger partial charge in [-0.1, -0.05) is 13.8 Å². The highest BCUT2D eigenvalue weighted by Crippen LogP contribution is 2.28. The summed E-state index contributed by atoms with van der Waals surface area (Å²) in [6.45, 7) is 4.48. The topological polar surface area (TPSA) is 75.4 Å². The van der Waals surface area contributed by atoms with E-state index in [2.05, 4.69) is 4.98 Å². The van der Waals surface area contributed by atoms with Crippen LogP contribution in [0.5, 0.6) is 0 Å². The molecule has 3 rings (SSSR count). The van der Waals surface area contributed by atoms with Gasteiger partial charge < -0.3 is 10.0 Å². The molecule has 0 spiro atoms. The number of aromatic nitrogens is 2. The average Bonchev–Trinajstić information content (AvgIpc) is 2.87. The Kier molecular flexibility index (Phi) is 3.33. The molecule has 0 saturated carbocycles. The first-order valence-electron chi connectivity index (χ1n) is 6.83. The number of hydrogen-bond donors (Lipinski definition) is 1. The number of likely N-dealkylation sites (tertiary alicyclic amines) is 1. The monoisotopic (exact) mass is 307 g/mol. The van der Waals surface area contributed by atoms with E-state index in [1.54, 1.807) is 11.0 Å². The van der Waals surface area contributed by atoms with Gasteiger partial charge >= 0.3 is 0 Å². The van der Waals surface area contributed by atoms with Crippen LogP contribution in [0.4, 0.5) is 0 Å². The predicted molar refractivity (Wildman–Crippen MR) is 80.2 cm³/mol. The minimum absolute atomic E-state index is 0.0359. The zero-order valence-electron chi connectivity index (χ0n) is 11.9. The van der Waals surface area contributed by atoms with E-state index in [1.165, 1.54) is 22.2 Å². The van der Waals surface area contributed by atoms with Crippen LogP contribution in [-0.4, -0.2) is 44.2 Å². The number of fused-ring (bicyclic) bond motifs is 1. The van der Waals surface area contributed by atoms with E-state index in [1.807, 2.05) is 19.2 Å². The first-order chi connectivity index (χ1) is 9.90. The van der Waals surface area contributed by atoms with Crippen molar-refractivity contribution in [1.29, 1.82) is 0 Å². The molecule has 0 unspecified atom stereocenters. The van der Waals surface area contributed by atoms with Gasteiger partial charge in [-0.15, -0.1) is 11.3 Å². The van der Waals surface area contributed by atoms with Gasteiger partial charge in [0.1, 0.15) is 17.0 Å². The molecule has 0 atom stereocenters. The fourth-order valence-electron chi connectivity index (χ4n) is 2.41. The van der Waals surface area contributed by atoms with E-state index < -0.39 is 5.60 Å². The second kappa shape index (κ2) is 4.92. The number of aliphatic hydroxyl groups is 1. The Balaban J connectivity index is 1.73. The molecule has 6 nitrogen and oxygen atoms in total. The summed E-state index contributed by atoms with van der Waals surface area (Å²) in [6.07, 6.45) is 1.41. The Morgan fingerprint density at radius 2 is 2.24 bits per heavy atom. The molecule has 0 bridgehead atoms. The summed E-state index contributed by atoms with van der Waals surface area (Å²) in [4.78, 5) is 30.8. The highest BCUT2D eigenvalue weighted by atomic mass is 32.1. The first kappa shape index (κ1) is 14.2. The Morgan fingerprint density at radius 1 is 1.52 bits per heavy atom. The van der Waals surface area contributed by atoms with Gasteiger partial charge in [-0.05, 0) is 17.4 Å². The van der Waals surface area contributed by atoms with Gasteiger partial charge in [-0.3, -0.25) is 14.2 Å². The lowest BCUT2D eigenvalue weighted by atomic mass is 9.83. The zero-order chi connectivity index (χ0) is 15.2. The third-order valence-electron chi connectivity index (χ3n) is 4.11. The maximum absolute atomic E-state index is 12.2. The molecule has 0 aromatic carbocycles. The summed E-state index contributed by atoms with van der Waals surface area (Å²) in [5.41, 5.74) is -0.995. The standard InChI is InChI=1S/C14H17N3O3S/c1-9(2)14(20)6-17(7-14)11(18)5-16-8-15-12-10(13(16)19)3-4-21-12/h3-4,8-9,20H,5-7H2,1-2H3. The van der Waals surface area contributed by atoms with E-state index in [0.717, 1.165) is 0 Å². The summed E-state index contributed by atoms with van der Waals surface area (Å²) in [6, 6.07) is 1.72. The molecule has 2 aromatic rings. The summed E-state index contributed by atoms with van der Waals surface area (Å²) in [5, 5.41) is 12.5. The van der Waals surface area contributed by atoms with E-state index in [4.69, 9.17) is 0 Å². The number of amides is 1. The summed E-state index contributed by atoms with van der Waals surface area (Å²) in [7, 11) is 0. The lowest BCUT2D eigenvalue weighted by Crippen LogP contribution is -2.66. The number of rotatable bonds is 3. The van der Waals surface area contributed by atoms with Gasteiger partial charge in [0.25, 0.3) is 5.56 Å². The molecule has 1 aliphatic rings. The van der Waals surface area contributed by atoms with Crippen molar-refractivity contribution in [3.05, 3.63) is 28.1 Å². The highest BCUT2D eigenvalue weighted by Gasteiger charge is 2.45. The molecule has 112 valence electrons.